The van der Waals surface area contributed by atoms with Gasteiger partial charge in [0.25, 0.3) is 0 Å². The highest BCUT2D eigenvalue weighted by Gasteiger charge is 2.09. The fourth-order valence-corrected chi connectivity index (χ4v) is 2.03. The van der Waals surface area contributed by atoms with E-state index in [0.29, 0.717) is 12.1 Å². The van der Waals surface area contributed by atoms with Gasteiger partial charge in [0.15, 0.2) is 0 Å². The van der Waals surface area contributed by atoms with Crippen molar-refractivity contribution in [2.75, 3.05) is 14.2 Å². The second kappa shape index (κ2) is 7.46. The maximum atomic E-state index is 5.29. The van der Waals surface area contributed by atoms with Gasteiger partial charge < -0.3 is 10.1 Å². The Balaban J connectivity index is 2.46. The lowest BCUT2D eigenvalue weighted by Crippen LogP contribution is -2.28. The van der Waals surface area contributed by atoms with Crippen molar-refractivity contribution in [3.8, 4) is 0 Å². The zero-order chi connectivity index (χ0) is 12.7. The summed E-state index contributed by atoms with van der Waals surface area (Å²) in [6.07, 6.45) is 3.70. The SMILES string of the molecule is CNC(CCC(C)OC)Cc1cccc(C)c1. The van der Waals surface area contributed by atoms with Crippen LogP contribution in [0.2, 0.25) is 0 Å². The summed E-state index contributed by atoms with van der Waals surface area (Å²) < 4.78 is 5.29. The van der Waals surface area contributed by atoms with Crippen LogP contribution >= 0.6 is 0 Å². The predicted molar refractivity (Wildman–Crippen MR) is 73.4 cm³/mol. The standard InChI is InChI=1S/C15H25NO/c1-12-6-5-7-14(10-12)11-15(16-3)9-8-13(2)17-4/h5-7,10,13,15-16H,8-9,11H2,1-4H3. The van der Waals surface area contributed by atoms with Crippen molar-refractivity contribution >= 4 is 0 Å². The second-order valence-corrected chi connectivity index (χ2v) is 4.80. The number of ether oxygens (including phenoxy) is 1. The fourth-order valence-electron chi connectivity index (χ4n) is 2.03. The molecule has 96 valence electrons. The summed E-state index contributed by atoms with van der Waals surface area (Å²) in [6.45, 7) is 4.27. The van der Waals surface area contributed by atoms with Gasteiger partial charge in [-0.25, -0.2) is 0 Å². The van der Waals surface area contributed by atoms with Crippen LogP contribution in [0.25, 0.3) is 0 Å². The molecule has 0 aliphatic heterocycles. The number of aryl methyl sites for hydroxylation is 1. The lowest BCUT2D eigenvalue weighted by atomic mass is 9.99. The van der Waals surface area contributed by atoms with Gasteiger partial charge in [0.1, 0.15) is 0 Å². The van der Waals surface area contributed by atoms with Crippen LogP contribution < -0.4 is 5.32 Å². The van der Waals surface area contributed by atoms with Crippen molar-refractivity contribution in [1.82, 2.24) is 5.32 Å². The molecule has 2 nitrogen and oxygen atoms in total. The topological polar surface area (TPSA) is 21.3 Å². The van der Waals surface area contributed by atoms with Crippen molar-refractivity contribution < 1.29 is 4.74 Å². The first-order valence-corrected chi connectivity index (χ1v) is 6.41. The van der Waals surface area contributed by atoms with Crippen LogP contribution in [0.3, 0.4) is 0 Å². The first-order valence-electron chi connectivity index (χ1n) is 6.41. The van der Waals surface area contributed by atoms with Gasteiger partial charge in [0.05, 0.1) is 6.10 Å². The van der Waals surface area contributed by atoms with Crippen LogP contribution in [0, 0.1) is 6.92 Å². The Kier molecular flexibility index (Phi) is 6.23. The number of nitrogens with one attached hydrogen (secondary N) is 1. The molecule has 0 spiro atoms. The molecule has 1 N–H and O–H groups in total. The zero-order valence-corrected chi connectivity index (χ0v) is 11.5. The van der Waals surface area contributed by atoms with Crippen LogP contribution in [-0.4, -0.2) is 26.3 Å². The highest BCUT2D eigenvalue weighted by Crippen LogP contribution is 2.11. The number of hydrogen-bond acceptors (Lipinski definition) is 2. The van der Waals surface area contributed by atoms with Crippen molar-refractivity contribution in [1.29, 1.82) is 0 Å². The molecular formula is C15H25NO. The van der Waals surface area contributed by atoms with Crippen LogP contribution in [0.1, 0.15) is 30.9 Å². The summed E-state index contributed by atoms with van der Waals surface area (Å²) in [5.74, 6) is 0. The number of hydrogen-bond donors (Lipinski definition) is 1. The minimum absolute atomic E-state index is 0.350. The minimum Gasteiger partial charge on any atom is -0.382 e. The Bertz CT molecular complexity index is 324. The zero-order valence-electron chi connectivity index (χ0n) is 11.5. The quantitative estimate of drug-likeness (QED) is 0.784. The summed E-state index contributed by atoms with van der Waals surface area (Å²) in [7, 11) is 3.82. The summed E-state index contributed by atoms with van der Waals surface area (Å²) >= 11 is 0. The van der Waals surface area contributed by atoms with Gasteiger partial charge in [-0.05, 0) is 45.7 Å². The second-order valence-electron chi connectivity index (χ2n) is 4.80. The van der Waals surface area contributed by atoms with Crippen LogP contribution in [-0.2, 0) is 11.2 Å². The van der Waals surface area contributed by atoms with Crippen LogP contribution in [0.4, 0.5) is 0 Å². The molecule has 0 bridgehead atoms. The summed E-state index contributed by atoms with van der Waals surface area (Å²) in [5, 5.41) is 3.39. The molecule has 0 saturated heterocycles. The summed E-state index contributed by atoms with van der Waals surface area (Å²) in [5.41, 5.74) is 2.75. The van der Waals surface area contributed by atoms with Gasteiger partial charge in [0, 0.05) is 13.2 Å². The average molecular weight is 235 g/mol. The highest BCUT2D eigenvalue weighted by atomic mass is 16.5. The molecule has 2 atom stereocenters. The maximum Gasteiger partial charge on any atom is 0.0543 e. The fraction of sp³-hybridized carbons (Fsp3) is 0.600. The minimum atomic E-state index is 0.350. The van der Waals surface area contributed by atoms with Crippen molar-refractivity contribution in [3.05, 3.63) is 35.4 Å². The van der Waals surface area contributed by atoms with Gasteiger partial charge >= 0.3 is 0 Å². The Morgan fingerprint density at radius 2 is 2.06 bits per heavy atom. The molecule has 1 rings (SSSR count). The first-order chi connectivity index (χ1) is 8.15. The van der Waals surface area contributed by atoms with E-state index in [9.17, 15) is 0 Å². The molecule has 0 aliphatic rings. The third-order valence-corrected chi connectivity index (χ3v) is 3.30. The van der Waals surface area contributed by atoms with Gasteiger partial charge in [-0.2, -0.15) is 0 Å². The van der Waals surface area contributed by atoms with E-state index >= 15 is 0 Å². The molecule has 2 unspecified atom stereocenters. The van der Waals surface area contributed by atoms with E-state index < -0.39 is 0 Å². The predicted octanol–water partition coefficient (Wildman–Crippen LogP) is 2.94. The van der Waals surface area contributed by atoms with E-state index in [1.807, 2.05) is 7.05 Å². The van der Waals surface area contributed by atoms with E-state index in [1.54, 1.807) is 7.11 Å². The lowest BCUT2D eigenvalue weighted by Gasteiger charge is -2.18. The Morgan fingerprint density at radius 3 is 2.65 bits per heavy atom. The summed E-state index contributed by atoms with van der Waals surface area (Å²) in [6, 6.07) is 9.29. The molecule has 1 aromatic carbocycles. The number of rotatable bonds is 7. The smallest absolute Gasteiger partial charge is 0.0543 e. The maximum absolute atomic E-state index is 5.29. The van der Waals surface area contributed by atoms with E-state index in [0.717, 1.165) is 19.3 Å². The Labute approximate surface area is 105 Å². The molecule has 0 radical (unpaired) electrons. The van der Waals surface area contributed by atoms with Crippen LogP contribution in [0.15, 0.2) is 24.3 Å². The first kappa shape index (κ1) is 14.2. The third-order valence-electron chi connectivity index (χ3n) is 3.30. The van der Waals surface area contributed by atoms with E-state index in [1.165, 1.54) is 11.1 Å². The van der Waals surface area contributed by atoms with E-state index in [2.05, 4.69) is 43.4 Å². The highest BCUT2D eigenvalue weighted by molar-refractivity contribution is 5.22. The Morgan fingerprint density at radius 1 is 1.29 bits per heavy atom. The van der Waals surface area contributed by atoms with Gasteiger partial charge in [-0.1, -0.05) is 29.8 Å². The molecule has 0 heterocycles. The van der Waals surface area contributed by atoms with Crippen molar-refractivity contribution in [2.45, 2.75) is 45.3 Å². The monoisotopic (exact) mass is 235 g/mol. The van der Waals surface area contributed by atoms with Crippen LogP contribution in [0.5, 0.6) is 0 Å². The van der Waals surface area contributed by atoms with Gasteiger partial charge in [-0.3, -0.25) is 0 Å². The number of methoxy groups -OCH3 is 1. The van der Waals surface area contributed by atoms with Gasteiger partial charge in [-0.15, -0.1) is 0 Å². The normalized spacial score (nSPS) is 14.6. The van der Waals surface area contributed by atoms with Gasteiger partial charge in [0.2, 0.25) is 0 Å². The number of likely N-dealkylation sites (N-methyl/N-ethyl adjacent to an activating group) is 1. The molecule has 1 aromatic rings. The molecular weight excluding hydrogens is 210 g/mol. The number of benzene rings is 1. The molecule has 0 aromatic heterocycles. The van der Waals surface area contributed by atoms with Crippen molar-refractivity contribution in [2.24, 2.45) is 0 Å². The summed E-state index contributed by atoms with van der Waals surface area (Å²) in [4.78, 5) is 0. The average Bonchev–Trinajstić information content (AvgIpc) is 2.34. The molecule has 2 heteroatoms. The third kappa shape index (κ3) is 5.33. The lowest BCUT2D eigenvalue weighted by molar-refractivity contribution is 0.106. The molecule has 0 aliphatic carbocycles. The molecule has 0 amide bonds. The largest absolute Gasteiger partial charge is 0.382 e. The molecule has 17 heavy (non-hydrogen) atoms. The molecule has 0 saturated carbocycles. The molecule has 0 fully saturated rings. The van der Waals surface area contributed by atoms with E-state index in [-0.39, 0.29) is 0 Å². The van der Waals surface area contributed by atoms with E-state index in [4.69, 9.17) is 4.74 Å². The Hall–Kier alpha value is -0.860. The van der Waals surface area contributed by atoms with Crippen molar-refractivity contribution in [3.63, 3.8) is 0 Å².